The number of aromatic nitrogens is 5. The van der Waals surface area contributed by atoms with E-state index < -0.39 is 0 Å². The predicted octanol–water partition coefficient (Wildman–Crippen LogP) is 3.33. The molecule has 1 amide bonds. The van der Waals surface area contributed by atoms with Gasteiger partial charge in [0.25, 0.3) is 0 Å². The average molecular weight is 425 g/mol. The van der Waals surface area contributed by atoms with E-state index in [1.54, 1.807) is 35.8 Å². The topological polar surface area (TPSA) is 94.8 Å². The fourth-order valence-electron chi connectivity index (χ4n) is 2.02. The molecule has 3 aromatic rings. The summed E-state index contributed by atoms with van der Waals surface area (Å²) >= 11 is 8.50. The molecule has 3 rings (SSSR count). The van der Waals surface area contributed by atoms with Crippen molar-refractivity contribution in [2.75, 3.05) is 5.32 Å². The second-order valence-corrected chi connectivity index (χ2v) is 8.50. The molecule has 1 aromatic carbocycles. The standard InChI is InChI=1S/C16H17ClN6O2S2/c1-9(14(24)18-15-21-19-10(2)27-15)26-16-22-20-13(23(16)3)8-25-12-6-4-11(17)5-7-12/h4-7,9H,8H2,1-3H3,(H,18,21,24). The van der Waals surface area contributed by atoms with Crippen LogP contribution in [-0.2, 0) is 18.4 Å². The fourth-order valence-corrected chi connectivity index (χ4v) is 3.57. The predicted molar refractivity (Wildman–Crippen MR) is 105 cm³/mol. The Morgan fingerprint density at radius 1 is 1.30 bits per heavy atom. The van der Waals surface area contributed by atoms with E-state index in [9.17, 15) is 4.79 Å². The van der Waals surface area contributed by atoms with Gasteiger partial charge < -0.3 is 9.30 Å². The zero-order valence-electron chi connectivity index (χ0n) is 14.8. The number of ether oxygens (including phenoxy) is 1. The zero-order chi connectivity index (χ0) is 19.4. The third-order valence-corrected chi connectivity index (χ3v) is 5.65. The highest BCUT2D eigenvalue weighted by molar-refractivity contribution is 8.00. The van der Waals surface area contributed by atoms with Crippen molar-refractivity contribution in [1.82, 2.24) is 25.0 Å². The molecule has 2 aromatic heterocycles. The van der Waals surface area contributed by atoms with Crippen LogP contribution in [0.15, 0.2) is 29.4 Å². The van der Waals surface area contributed by atoms with Gasteiger partial charge in [-0.05, 0) is 38.1 Å². The lowest BCUT2D eigenvalue weighted by Gasteiger charge is -2.10. The highest BCUT2D eigenvalue weighted by Crippen LogP contribution is 2.24. The number of carbonyl (C=O) groups excluding carboxylic acids is 1. The van der Waals surface area contributed by atoms with E-state index in [0.717, 1.165) is 5.01 Å². The summed E-state index contributed by atoms with van der Waals surface area (Å²) in [5.41, 5.74) is 0. The maximum Gasteiger partial charge on any atom is 0.239 e. The van der Waals surface area contributed by atoms with Crippen LogP contribution in [0.4, 0.5) is 5.13 Å². The summed E-state index contributed by atoms with van der Waals surface area (Å²) in [5.74, 6) is 1.18. The SMILES string of the molecule is Cc1nnc(NC(=O)C(C)Sc2nnc(COc3ccc(Cl)cc3)n2C)s1. The van der Waals surface area contributed by atoms with E-state index in [4.69, 9.17) is 16.3 Å². The minimum Gasteiger partial charge on any atom is -0.486 e. The molecule has 0 aliphatic carbocycles. The molecule has 0 fully saturated rings. The van der Waals surface area contributed by atoms with Crippen LogP contribution in [0.25, 0.3) is 0 Å². The maximum atomic E-state index is 12.3. The number of rotatable bonds is 7. The monoisotopic (exact) mass is 424 g/mol. The highest BCUT2D eigenvalue weighted by atomic mass is 35.5. The van der Waals surface area contributed by atoms with Crippen molar-refractivity contribution in [2.45, 2.75) is 30.9 Å². The summed E-state index contributed by atoms with van der Waals surface area (Å²) < 4.78 is 7.50. The van der Waals surface area contributed by atoms with E-state index in [0.29, 0.717) is 26.9 Å². The summed E-state index contributed by atoms with van der Waals surface area (Å²) in [6, 6.07) is 7.09. The molecule has 1 N–H and O–H groups in total. The highest BCUT2D eigenvalue weighted by Gasteiger charge is 2.20. The Bertz CT molecular complexity index is 927. The number of carbonyl (C=O) groups is 1. The zero-order valence-corrected chi connectivity index (χ0v) is 17.2. The number of benzene rings is 1. The molecule has 2 heterocycles. The summed E-state index contributed by atoms with van der Waals surface area (Å²) in [6.07, 6.45) is 0. The third-order valence-electron chi connectivity index (χ3n) is 3.51. The van der Waals surface area contributed by atoms with Crippen molar-refractivity contribution < 1.29 is 9.53 Å². The lowest BCUT2D eigenvalue weighted by atomic mass is 10.3. The molecule has 0 radical (unpaired) electrons. The minimum absolute atomic E-state index is 0.168. The van der Waals surface area contributed by atoms with Crippen LogP contribution in [0.5, 0.6) is 5.75 Å². The average Bonchev–Trinajstić information content (AvgIpc) is 3.20. The van der Waals surface area contributed by atoms with E-state index in [-0.39, 0.29) is 17.8 Å². The molecule has 0 bridgehead atoms. The summed E-state index contributed by atoms with van der Waals surface area (Å²) in [7, 11) is 1.83. The van der Waals surface area contributed by atoms with Crippen LogP contribution in [-0.4, -0.2) is 36.1 Å². The van der Waals surface area contributed by atoms with Crippen molar-refractivity contribution in [3.8, 4) is 5.75 Å². The number of nitrogens with one attached hydrogen (secondary N) is 1. The van der Waals surface area contributed by atoms with Gasteiger partial charge in [-0.1, -0.05) is 34.7 Å². The van der Waals surface area contributed by atoms with Crippen molar-refractivity contribution in [2.24, 2.45) is 7.05 Å². The lowest BCUT2D eigenvalue weighted by Crippen LogP contribution is -2.22. The molecule has 0 saturated heterocycles. The first kappa shape index (κ1) is 19.6. The summed E-state index contributed by atoms with van der Waals surface area (Å²) in [4.78, 5) is 12.3. The van der Waals surface area contributed by atoms with Gasteiger partial charge in [-0.25, -0.2) is 0 Å². The number of halogens is 1. The molecule has 8 nitrogen and oxygen atoms in total. The van der Waals surface area contributed by atoms with Gasteiger partial charge in [-0.15, -0.1) is 20.4 Å². The molecule has 142 valence electrons. The number of hydrogen-bond donors (Lipinski definition) is 1. The second-order valence-electron chi connectivity index (χ2n) is 5.58. The Labute approximate surface area is 169 Å². The smallest absolute Gasteiger partial charge is 0.239 e. The third kappa shape index (κ3) is 5.18. The molecule has 27 heavy (non-hydrogen) atoms. The first-order valence-electron chi connectivity index (χ1n) is 7.96. The Morgan fingerprint density at radius 3 is 2.70 bits per heavy atom. The molecule has 1 atom stereocenters. The summed E-state index contributed by atoms with van der Waals surface area (Å²) in [6.45, 7) is 3.89. The van der Waals surface area contributed by atoms with Gasteiger partial charge >= 0.3 is 0 Å². The van der Waals surface area contributed by atoms with Crippen LogP contribution in [0.1, 0.15) is 17.8 Å². The number of anilines is 1. The van der Waals surface area contributed by atoms with E-state index in [1.807, 2.05) is 14.0 Å². The molecule has 1 unspecified atom stereocenters. The maximum absolute atomic E-state index is 12.3. The molecule has 0 saturated carbocycles. The Morgan fingerprint density at radius 2 is 2.04 bits per heavy atom. The largest absolute Gasteiger partial charge is 0.486 e. The van der Waals surface area contributed by atoms with Crippen LogP contribution in [0, 0.1) is 6.92 Å². The van der Waals surface area contributed by atoms with Crippen molar-refractivity contribution in [1.29, 1.82) is 0 Å². The number of amides is 1. The summed E-state index contributed by atoms with van der Waals surface area (Å²) in [5, 5.41) is 21.0. The second kappa shape index (κ2) is 8.68. The Hall–Kier alpha value is -2.17. The van der Waals surface area contributed by atoms with Gasteiger partial charge in [0.2, 0.25) is 11.0 Å². The molecule has 0 spiro atoms. The van der Waals surface area contributed by atoms with Crippen LogP contribution in [0.2, 0.25) is 5.02 Å². The normalized spacial score (nSPS) is 12.0. The van der Waals surface area contributed by atoms with Gasteiger partial charge in [0, 0.05) is 12.1 Å². The van der Waals surface area contributed by atoms with Crippen molar-refractivity contribution in [3.63, 3.8) is 0 Å². The van der Waals surface area contributed by atoms with Crippen molar-refractivity contribution >= 4 is 45.7 Å². The molecule has 11 heteroatoms. The van der Waals surface area contributed by atoms with Gasteiger partial charge in [0.05, 0.1) is 5.25 Å². The van der Waals surface area contributed by atoms with E-state index in [1.165, 1.54) is 23.1 Å². The number of aryl methyl sites for hydroxylation is 1. The van der Waals surface area contributed by atoms with Crippen LogP contribution in [0.3, 0.4) is 0 Å². The number of nitrogens with zero attached hydrogens (tertiary/aromatic N) is 5. The van der Waals surface area contributed by atoms with Crippen LogP contribution >= 0.6 is 34.7 Å². The number of hydrogen-bond acceptors (Lipinski definition) is 8. The quantitative estimate of drug-likeness (QED) is 0.581. The van der Waals surface area contributed by atoms with Gasteiger partial charge in [0.15, 0.2) is 11.0 Å². The Kier molecular flexibility index (Phi) is 6.30. The molecular formula is C16H17ClN6O2S2. The molecule has 0 aliphatic rings. The Balaban J connectivity index is 1.57. The molecular weight excluding hydrogens is 408 g/mol. The van der Waals surface area contributed by atoms with Gasteiger partial charge in [0.1, 0.15) is 17.4 Å². The first-order chi connectivity index (χ1) is 12.9. The lowest BCUT2D eigenvalue weighted by molar-refractivity contribution is -0.115. The van der Waals surface area contributed by atoms with E-state index in [2.05, 4.69) is 25.7 Å². The van der Waals surface area contributed by atoms with Gasteiger partial charge in [-0.3, -0.25) is 10.1 Å². The van der Waals surface area contributed by atoms with Crippen LogP contribution < -0.4 is 10.1 Å². The van der Waals surface area contributed by atoms with E-state index >= 15 is 0 Å². The first-order valence-corrected chi connectivity index (χ1v) is 10.0. The number of thioether (sulfide) groups is 1. The minimum atomic E-state index is -0.373. The fraction of sp³-hybridized carbons (Fsp3) is 0.312. The van der Waals surface area contributed by atoms with Crippen molar-refractivity contribution in [3.05, 3.63) is 40.1 Å². The molecule has 0 aliphatic heterocycles. The van der Waals surface area contributed by atoms with Gasteiger partial charge in [-0.2, -0.15) is 0 Å².